The summed E-state index contributed by atoms with van der Waals surface area (Å²) in [5, 5.41) is 2.95. The summed E-state index contributed by atoms with van der Waals surface area (Å²) in [5.41, 5.74) is 0.971. The second-order valence-electron chi connectivity index (χ2n) is 8.35. The van der Waals surface area contributed by atoms with Crippen LogP contribution in [0.2, 0.25) is 0 Å². The molecule has 2 aliphatic rings. The van der Waals surface area contributed by atoms with Crippen molar-refractivity contribution in [3.8, 4) is 17.2 Å². The first kappa shape index (κ1) is 22.4. The lowest BCUT2D eigenvalue weighted by atomic mass is 10.1. The average molecular weight is 441 g/mol. The van der Waals surface area contributed by atoms with Crippen molar-refractivity contribution in [2.45, 2.75) is 44.6 Å². The van der Waals surface area contributed by atoms with Crippen molar-refractivity contribution >= 4 is 5.91 Å². The third kappa shape index (κ3) is 5.72. The number of para-hydroxylation sites is 2. The topological polar surface area (TPSA) is 69.3 Å². The van der Waals surface area contributed by atoms with Crippen LogP contribution in [0.5, 0.6) is 17.2 Å². The van der Waals surface area contributed by atoms with E-state index in [2.05, 4.69) is 17.3 Å². The Morgan fingerprint density at radius 2 is 1.84 bits per heavy atom. The van der Waals surface area contributed by atoms with E-state index in [1.54, 1.807) is 0 Å². The highest BCUT2D eigenvalue weighted by atomic mass is 16.6. The second-order valence-corrected chi connectivity index (χ2v) is 8.35. The molecule has 0 saturated carbocycles. The van der Waals surface area contributed by atoms with Gasteiger partial charge in [-0.2, -0.15) is 0 Å². The highest BCUT2D eigenvalue weighted by molar-refractivity contribution is 5.82. The van der Waals surface area contributed by atoms with E-state index in [-0.39, 0.29) is 12.0 Å². The maximum Gasteiger partial charge on any atom is 0.265 e. The summed E-state index contributed by atoms with van der Waals surface area (Å²) < 4.78 is 23.1. The fourth-order valence-electron chi connectivity index (χ4n) is 4.06. The largest absolute Gasteiger partial charge is 0.492 e. The van der Waals surface area contributed by atoms with Crippen LogP contribution in [0.1, 0.15) is 25.3 Å². The molecule has 0 aromatic heterocycles. The molecule has 2 aromatic carbocycles. The zero-order valence-electron chi connectivity index (χ0n) is 18.8. The van der Waals surface area contributed by atoms with Gasteiger partial charge in [0.1, 0.15) is 18.5 Å². The zero-order chi connectivity index (χ0) is 22.3. The molecule has 1 saturated heterocycles. The molecular weight excluding hydrogens is 408 g/mol. The van der Waals surface area contributed by atoms with Crippen molar-refractivity contribution in [1.82, 2.24) is 10.2 Å². The summed E-state index contributed by atoms with van der Waals surface area (Å²) in [4.78, 5) is 15.1. The molecule has 2 aliphatic heterocycles. The van der Waals surface area contributed by atoms with Crippen LogP contribution in [0.4, 0.5) is 0 Å². The lowest BCUT2D eigenvalue weighted by Gasteiger charge is -2.31. The van der Waals surface area contributed by atoms with Gasteiger partial charge in [-0.25, -0.2) is 0 Å². The van der Waals surface area contributed by atoms with Gasteiger partial charge in [-0.3, -0.25) is 9.69 Å². The van der Waals surface area contributed by atoms with Crippen molar-refractivity contribution < 1.29 is 23.7 Å². The molecule has 2 unspecified atom stereocenters. The number of hydrogen-bond acceptors (Lipinski definition) is 6. The molecule has 7 heteroatoms. The van der Waals surface area contributed by atoms with Crippen molar-refractivity contribution in [2.24, 2.45) is 0 Å². The Balaban J connectivity index is 1.24. The van der Waals surface area contributed by atoms with Gasteiger partial charge in [0.05, 0.1) is 0 Å². The maximum atomic E-state index is 12.7. The van der Waals surface area contributed by atoms with E-state index in [9.17, 15) is 4.79 Å². The molecule has 172 valence electrons. The molecule has 0 aliphatic carbocycles. The number of benzene rings is 2. The fraction of sp³-hybridized carbons (Fsp3) is 0.480. The number of carbonyl (C=O) groups is 1. The number of likely N-dealkylation sites (N-methyl/N-ethyl adjacent to an activating group) is 1. The number of nitrogens with zero attached hydrogens (tertiary/aromatic N) is 1. The van der Waals surface area contributed by atoms with Crippen molar-refractivity contribution in [1.29, 1.82) is 0 Å². The SMILES string of the molecule is CC1Oc2ccccc2OC1C(=O)NCc1cccc(OCCN(C)C2CCOCC2)c1. The molecule has 2 atom stereocenters. The second kappa shape index (κ2) is 10.7. The summed E-state index contributed by atoms with van der Waals surface area (Å²) in [6.45, 7) is 5.40. The molecule has 32 heavy (non-hydrogen) atoms. The summed E-state index contributed by atoms with van der Waals surface area (Å²) in [6, 6.07) is 15.8. The molecule has 4 rings (SSSR count). The number of amides is 1. The van der Waals surface area contributed by atoms with Gasteiger partial charge in [-0.05, 0) is 56.6 Å². The minimum atomic E-state index is -0.690. The van der Waals surface area contributed by atoms with E-state index < -0.39 is 6.10 Å². The molecule has 0 bridgehead atoms. The smallest absolute Gasteiger partial charge is 0.265 e. The van der Waals surface area contributed by atoms with E-state index in [4.69, 9.17) is 18.9 Å². The van der Waals surface area contributed by atoms with E-state index in [0.717, 1.165) is 43.9 Å². The third-order valence-corrected chi connectivity index (χ3v) is 5.99. The monoisotopic (exact) mass is 440 g/mol. The number of nitrogens with one attached hydrogen (secondary N) is 1. The Hall–Kier alpha value is -2.77. The molecule has 1 fully saturated rings. The van der Waals surface area contributed by atoms with Crippen LogP contribution in [0.3, 0.4) is 0 Å². The van der Waals surface area contributed by atoms with Crippen molar-refractivity contribution in [3.63, 3.8) is 0 Å². The molecule has 1 N–H and O–H groups in total. The first-order valence-electron chi connectivity index (χ1n) is 11.3. The number of hydrogen-bond donors (Lipinski definition) is 1. The fourth-order valence-corrected chi connectivity index (χ4v) is 4.06. The predicted octanol–water partition coefficient (Wildman–Crippen LogP) is 3.02. The first-order valence-corrected chi connectivity index (χ1v) is 11.3. The van der Waals surface area contributed by atoms with Gasteiger partial charge in [0.25, 0.3) is 5.91 Å². The maximum absolute atomic E-state index is 12.7. The Morgan fingerprint density at radius 3 is 2.62 bits per heavy atom. The average Bonchev–Trinajstić information content (AvgIpc) is 2.83. The van der Waals surface area contributed by atoms with Crippen LogP contribution in [-0.4, -0.2) is 62.5 Å². The molecular formula is C25H32N2O5. The van der Waals surface area contributed by atoms with Crippen LogP contribution in [0, 0.1) is 0 Å². The van der Waals surface area contributed by atoms with E-state index in [1.165, 1.54) is 0 Å². The van der Waals surface area contributed by atoms with Crippen molar-refractivity contribution in [2.75, 3.05) is 33.4 Å². The summed E-state index contributed by atoms with van der Waals surface area (Å²) in [5.74, 6) is 1.86. The van der Waals surface area contributed by atoms with Crippen LogP contribution < -0.4 is 19.5 Å². The number of rotatable bonds is 8. The van der Waals surface area contributed by atoms with Gasteiger partial charge in [0.2, 0.25) is 6.10 Å². The Morgan fingerprint density at radius 1 is 1.09 bits per heavy atom. The summed E-state index contributed by atoms with van der Waals surface area (Å²) >= 11 is 0. The van der Waals surface area contributed by atoms with Crippen LogP contribution in [0.15, 0.2) is 48.5 Å². The predicted molar refractivity (Wildman–Crippen MR) is 121 cm³/mol. The summed E-state index contributed by atoms with van der Waals surface area (Å²) in [6.07, 6.45) is 1.09. The van der Waals surface area contributed by atoms with Gasteiger partial charge in [0.15, 0.2) is 11.5 Å². The molecule has 7 nitrogen and oxygen atoms in total. The molecule has 0 radical (unpaired) electrons. The Kier molecular flexibility index (Phi) is 7.50. The third-order valence-electron chi connectivity index (χ3n) is 5.99. The first-order chi connectivity index (χ1) is 15.6. The van der Waals surface area contributed by atoms with Crippen LogP contribution in [-0.2, 0) is 16.1 Å². The minimum absolute atomic E-state index is 0.198. The quantitative estimate of drug-likeness (QED) is 0.681. The highest BCUT2D eigenvalue weighted by Crippen LogP contribution is 2.33. The number of ether oxygens (including phenoxy) is 4. The zero-order valence-corrected chi connectivity index (χ0v) is 18.8. The number of fused-ring (bicyclic) bond motifs is 1. The Labute approximate surface area is 189 Å². The van der Waals surface area contributed by atoms with Crippen LogP contribution >= 0.6 is 0 Å². The van der Waals surface area contributed by atoms with Gasteiger partial charge in [-0.1, -0.05) is 24.3 Å². The minimum Gasteiger partial charge on any atom is -0.492 e. The molecule has 2 heterocycles. The van der Waals surface area contributed by atoms with E-state index in [1.807, 2.05) is 55.5 Å². The van der Waals surface area contributed by atoms with E-state index in [0.29, 0.717) is 30.7 Å². The lowest BCUT2D eigenvalue weighted by molar-refractivity contribution is -0.133. The van der Waals surface area contributed by atoms with Gasteiger partial charge < -0.3 is 24.3 Å². The van der Waals surface area contributed by atoms with Gasteiger partial charge in [0, 0.05) is 32.3 Å². The molecule has 0 spiro atoms. The molecule has 2 aromatic rings. The molecule has 1 amide bonds. The van der Waals surface area contributed by atoms with Gasteiger partial charge in [-0.15, -0.1) is 0 Å². The number of carbonyl (C=O) groups excluding carboxylic acids is 1. The highest BCUT2D eigenvalue weighted by Gasteiger charge is 2.33. The lowest BCUT2D eigenvalue weighted by Crippen LogP contribution is -2.48. The van der Waals surface area contributed by atoms with Crippen LogP contribution in [0.25, 0.3) is 0 Å². The summed E-state index contributed by atoms with van der Waals surface area (Å²) in [7, 11) is 2.14. The standard InChI is InChI=1S/C25H32N2O5/c1-18-24(32-23-9-4-3-8-22(23)31-18)25(28)26-17-19-6-5-7-21(16-19)30-15-12-27(2)20-10-13-29-14-11-20/h3-9,16,18,20,24H,10-15,17H2,1-2H3,(H,26,28). The van der Waals surface area contributed by atoms with Gasteiger partial charge >= 0.3 is 0 Å². The normalized spacial score (nSPS) is 20.7. The van der Waals surface area contributed by atoms with E-state index >= 15 is 0 Å². The Bertz CT molecular complexity index is 899. The van der Waals surface area contributed by atoms with Crippen molar-refractivity contribution in [3.05, 3.63) is 54.1 Å².